The van der Waals surface area contributed by atoms with E-state index in [9.17, 15) is 4.79 Å². The molecule has 7 heteroatoms. The molecular formula is C20H14BrN5O. The fourth-order valence-corrected chi connectivity index (χ4v) is 3.99. The van der Waals surface area contributed by atoms with Crippen molar-refractivity contribution in [3.05, 3.63) is 76.0 Å². The van der Waals surface area contributed by atoms with Gasteiger partial charge in [0, 0.05) is 15.6 Å². The van der Waals surface area contributed by atoms with E-state index in [2.05, 4.69) is 31.2 Å². The standard InChI is InChI=1S/C20H14BrN5O/c21-11-7-5-10(6-8-11)15-14-16(12-3-1-2-4-13(12)18(14)27)25-17-19(22)23-9-24-20(17)26-15/h1-9,14-15H,(H3,22,23,24,26). The Labute approximate surface area is 163 Å². The van der Waals surface area contributed by atoms with Crippen molar-refractivity contribution >= 4 is 44.7 Å². The van der Waals surface area contributed by atoms with Crippen LogP contribution in [0.2, 0.25) is 0 Å². The molecule has 0 saturated heterocycles. The second-order valence-electron chi connectivity index (χ2n) is 6.51. The Morgan fingerprint density at radius 1 is 1.00 bits per heavy atom. The van der Waals surface area contributed by atoms with Crippen LogP contribution in [0.5, 0.6) is 0 Å². The first-order chi connectivity index (χ1) is 13.1. The fourth-order valence-electron chi connectivity index (χ4n) is 3.72. The number of nitrogen functional groups attached to an aromatic ring is 1. The Morgan fingerprint density at radius 3 is 2.52 bits per heavy atom. The lowest BCUT2D eigenvalue weighted by Gasteiger charge is -2.23. The molecule has 0 bridgehead atoms. The van der Waals surface area contributed by atoms with E-state index in [-0.39, 0.29) is 17.6 Å². The molecule has 132 valence electrons. The molecule has 0 amide bonds. The van der Waals surface area contributed by atoms with Crippen molar-refractivity contribution in [3.8, 4) is 0 Å². The van der Waals surface area contributed by atoms with Crippen LogP contribution in [0, 0.1) is 5.92 Å². The van der Waals surface area contributed by atoms with E-state index in [1.54, 1.807) is 0 Å². The number of nitrogens with one attached hydrogen (secondary N) is 1. The van der Waals surface area contributed by atoms with Gasteiger partial charge >= 0.3 is 0 Å². The van der Waals surface area contributed by atoms with Crippen LogP contribution in [0.4, 0.5) is 17.3 Å². The van der Waals surface area contributed by atoms with Gasteiger partial charge in [0.15, 0.2) is 17.4 Å². The van der Waals surface area contributed by atoms with E-state index in [0.29, 0.717) is 22.8 Å². The molecule has 5 rings (SSSR count). The molecule has 0 saturated carbocycles. The number of nitrogens with two attached hydrogens (primary N) is 1. The molecule has 2 atom stereocenters. The summed E-state index contributed by atoms with van der Waals surface area (Å²) in [4.78, 5) is 26.4. The second-order valence-corrected chi connectivity index (χ2v) is 7.43. The van der Waals surface area contributed by atoms with Gasteiger partial charge in [0.05, 0.1) is 17.7 Å². The third-order valence-corrected chi connectivity index (χ3v) is 5.51. The number of aromatic nitrogens is 2. The van der Waals surface area contributed by atoms with E-state index in [0.717, 1.165) is 15.6 Å². The number of carbonyl (C=O) groups excluding carboxylic acids is 1. The van der Waals surface area contributed by atoms with Crippen molar-refractivity contribution < 1.29 is 4.79 Å². The fraction of sp³-hybridized carbons (Fsp3) is 0.100. The number of hydrogen-bond acceptors (Lipinski definition) is 6. The summed E-state index contributed by atoms with van der Waals surface area (Å²) >= 11 is 3.46. The van der Waals surface area contributed by atoms with E-state index in [1.165, 1.54) is 6.33 Å². The summed E-state index contributed by atoms with van der Waals surface area (Å²) in [7, 11) is 0. The van der Waals surface area contributed by atoms with Gasteiger partial charge in [-0.25, -0.2) is 15.0 Å². The highest BCUT2D eigenvalue weighted by Gasteiger charge is 2.44. The van der Waals surface area contributed by atoms with Crippen LogP contribution in [-0.4, -0.2) is 21.5 Å². The van der Waals surface area contributed by atoms with E-state index < -0.39 is 5.92 Å². The molecule has 2 heterocycles. The van der Waals surface area contributed by atoms with Crippen LogP contribution in [0.3, 0.4) is 0 Å². The van der Waals surface area contributed by atoms with Gasteiger partial charge in [-0.1, -0.05) is 52.3 Å². The van der Waals surface area contributed by atoms with E-state index in [1.807, 2.05) is 48.5 Å². The van der Waals surface area contributed by atoms with Crippen LogP contribution in [0.25, 0.3) is 0 Å². The molecule has 1 aliphatic heterocycles. The molecule has 0 spiro atoms. The maximum atomic E-state index is 13.3. The third-order valence-electron chi connectivity index (χ3n) is 4.98. The Balaban J connectivity index is 1.77. The van der Waals surface area contributed by atoms with Crippen LogP contribution >= 0.6 is 15.9 Å². The number of nitrogens with zero attached hydrogens (tertiary/aromatic N) is 3. The summed E-state index contributed by atoms with van der Waals surface area (Å²) in [6.07, 6.45) is 1.40. The molecule has 2 aromatic carbocycles. The number of benzene rings is 2. The first-order valence-electron chi connectivity index (χ1n) is 8.48. The third kappa shape index (κ3) is 2.46. The van der Waals surface area contributed by atoms with Gasteiger partial charge in [0.2, 0.25) is 0 Å². The van der Waals surface area contributed by atoms with E-state index >= 15 is 0 Å². The molecule has 0 radical (unpaired) electrons. The SMILES string of the molecule is Nc1ncnc2c1N=C1c3ccccc3C(=O)C1C(c1ccc(Br)cc1)N2. The van der Waals surface area contributed by atoms with Gasteiger partial charge in [-0.05, 0) is 17.7 Å². The summed E-state index contributed by atoms with van der Waals surface area (Å²) in [6.45, 7) is 0. The van der Waals surface area contributed by atoms with Crippen LogP contribution in [-0.2, 0) is 0 Å². The molecule has 3 N–H and O–H groups in total. The van der Waals surface area contributed by atoms with Crippen molar-refractivity contribution in [2.75, 3.05) is 11.1 Å². The zero-order valence-electron chi connectivity index (χ0n) is 14.1. The van der Waals surface area contributed by atoms with Crippen molar-refractivity contribution in [2.45, 2.75) is 6.04 Å². The molecule has 2 unspecified atom stereocenters. The van der Waals surface area contributed by atoms with Crippen molar-refractivity contribution in [2.24, 2.45) is 10.9 Å². The van der Waals surface area contributed by atoms with Crippen molar-refractivity contribution in [3.63, 3.8) is 0 Å². The topological polar surface area (TPSA) is 93.3 Å². The van der Waals surface area contributed by atoms with Crippen LogP contribution < -0.4 is 11.1 Å². The molecule has 6 nitrogen and oxygen atoms in total. The first-order valence-corrected chi connectivity index (χ1v) is 9.27. The predicted octanol–water partition coefficient (Wildman–Crippen LogP) is 3.92. The zero-order chi connectivity index (χ0) is 18.5. The number of halogens is 1. The summed E-state index contributed by atoms with van der Waals surface area (Å²) in [5.41, 5.74) is 9.74. The number of hydrogen-bond donors (Lipinski definition) is 2. The van der Waals surface area contributed by atoms with Gasteiger partial charge in [0.1, 0.15) is 12.0 Å². The molecule has 3 aromatic rings. The molecule has 1 aromatic heterocycles. The van der Waals surface area contributed by atoms with Crippen molar-refractivity contribution in [1.29, 1.82) is 0 Å². The minimum absolute atomic E-state index is 0.0455. The minimum Gasteiger partial charge on any atom is -0.382 e. The van der Waals surface area contributed by atoms with Gasteiger partial charge in [-0.15, -0.1) is 0 Å². The summed E-state index contributed by atoms with van der Waals surface area (Å²) < 4.78 is 0.974. The highest BCUT2D eigenvalue weighted by atomic mass is 79.9. The number of aliphatic imine (C=N–C) groups is 1. The highest BCUT2D eigenvalue weighted by Crippen LogP contribution is 2.44. The summed E-state index contributed by atoms with van der Waals surface area (Å²) in [5, 5.41) is 3.39. The normalized spacial score (nSPS) is 20.0. The van der Waals surface area contributed by atoms with Gasteiger partial charge in [0.25, 0.3) is 0 Å². The molecule has 0 fully saturated rings. The molecule has 1 aliphatic carbocycles. The first kappa shape index (κ1) is 16.1. The average Bonchev–Trinajstić information content (AvgIpc) is 2.84. The lowest BCUT2D eigenvalue weighted by atomic mass is 9.88. The number of anilines is 2. The van der Waals surface area contributed by atoms with Crippen LogP contribution in [0.15, 0.2) is 64.3 Å². The summed E-state index contributed by atoms with van der Waals surface area (Å²) in [6, 6.07) is 15.1. The quantitative estimate of drug-likeness (QED) is 0.623. The van der Waals surface area contributed by atoms with Crippen molar-refractivity contribution in [1.82, 2.24) is 9.97 Å². The Morgan fingerprint density at radius 2 is 1.74 bits per heavy atom. The molecule has 2 aliphatic rings. The minimum atomic E-state index is -0.461. The van der Waals surface area contributed by atoms with Gasteiger partial charge < -0.3 is 11.1 Å². The molecule has 27 heavy (non-hydrogen) atoms. The Bertz CT molecular complexity index is 1110. The number of fused-ring (bicyclic) bond motifs is 4. The smallest absolute Gasteiger partial charge is 0.175 e. The van der Waals surface area contributed by atoms with Gasteiger partial charge in [-0.3, -0.25) is 4.79 Å². The number of rotatable bonds is 1. The highest BCUT2D eigenvalue weighted by molar-refractivity contribution is 9.10. The maximum Gasteiger partial charge on any atom is 0.175 e. The average molecular weight is 420 g/mol. The zero-order valence-corrected chi connectivity index (χ0v) is 15.6. The Hall–Kier alpha value is -3.06. The predicted molar refractivity (Wildman–Crippen MR) is 107 cm³/mol. The monoisotopic (exact) mass is 419 g/mol. The van der Waals surface area contributed by atoms with Crippen LogP contribution in [0.1, 0.15) is 27.5 Å². The number of Topliss-reactive ketones (excluding diaryl/α,β-unsaturated/α-hetero) is 1. The lowest BCUT2D eigenvalue weighted by Crippen LogP contribution is -2.28. The van der Waals surface area contributed by atoms with E-state index in [4.69, 9.17) is 10.7 Å². The lowest BCUT2D eigenvalue weighted by molar-refractivity contribution is 0.0952. The summed E-state index contributed by atoms with van der Waals surface area (Å²) in [5.74, 6) is 0.399. The number of ketones is 1. The molecular weight excluding hydrogens is 406 g/mol. The number of carbonyl (C=O) groups is 1. The maximum absolute atomic E-state index is 13.3. The van der Waals surface area contributed by atoms with Gasteiger partial charge in [-0.2, -0.15) is 0 Å². The second kappa shape index (κ2) is 5.99. The Kier molecular flexibility index (Phi) is 3.58. The largest absolute Gasteiger partial charge is 0.382 e.